The number of aromatic nitrogens is 4. The molecule has 9 heteroatoms. The topological polar surface area (TPSA) is 81.9 Å². The second-order valence-corrected chi connectivity index (χ2v) is 7.23. The van der Waals surface area contributed by atoms with Gasteiger partial charge >= 0.3 is 0 Å². The van der Waals surface area contributed by atoms with Gasteiger partial charge in [0, 0.05) is 10.2 Å². The molecule has 7 nitrogen and oxygen atoms in total. The third kappa shape index (κ3) is 4.41. The van der Waals surface area contributed by atoms with Crippen LogP contribution in [0, 0.1) is 6.92 Å². The predicted octanol–water partition coefficient (Wildman–Crippen LogP) is 3.47. The normalized spacial score (nSPS) is 10.6. The highest BCUT2D eigenvalue weighted by atomic mass is 79.9. The van der Waals surface area contributed by atoms with Crippen LogP contribution >= 0.6 is 27.7 Å². The average Bonchev–Trinajstić information content (AvgIpc) is 3.11. The Labute approximate surface area is 163 Å². The largest absolute Gasteiger partial charge is 0.497 e. The van der Waals surface area contributed by atoms with E-state index >= 15 is 0 Å². The van der Waals surface area contributed by atoms with E-state index in [1.165, 1.54) is 11.8 Å². The van der Waals surface area contributed by atoms with Gasteiger partial charge in [-0.15, -0.1) is 5.10 Å². The van der Waals surface area contributed by atoms with E-state index in [-0.39, 0.29) is 11.7 Å². The van der Waals surface area contributed by atoms with E-state index < -0.39 is 0 Å². The molecule has 26 heavy (non-hydrogen) atoms. The number of thioether (sulfide) groups is 1. The molecule has 3 rings (SSSR count). The summed E-state index contributed by atoms with van der Waals surface area (Å²) in [5, 5.41) is 15.1. The molecule has 0 radical (unpaired) electrons. The summed E-state index contributed by atoms with van der Waals surface area (Å²) in [5.74, 6) is 0.830. The summed E-state index contributed by atoms with van der Waals surface area (Å²) in [4.78, 5) is 12.2. The number of carbonyl (C=O) groups excluding carboxylic acids is 1. The summed E-state index contributed by atoms with van der Waals surface area (Å²) in [6, 6.07) is 13.1. The van der Waals surface area contributed by atoms with Crippen molar-refractivity contribution in [3.63, 3.8) is 0 Å². The number of hydrogen-bond acceptors (Lipinski definition) is 6. The van der Waals surface area contributed by atoms with Crippen LogP contribution in [0.15, 0.2) is 52.1 Å². The summed E-state index contributed by atoms with van der Waals surface area (Å²) in [6.45, 7) is 1.94. The molecule has 0 aliphatic heterocycles. The van der Waals surface area contributed by atoms with Crippen LogP contribution in [0.5, 0.6) is 5.75 Å². The lowest BCUT2D eigenvalue weighted by atomic mass is 10.2. The van der Waals surface area contributed by atoms with E-state index in [0.29, 0.717) is 5.16 Å². The van der Waals surface area contributed by atoms with E-state index in [9.17, 15) is 4.79 Å². The lowest BCUT2D eigenvalue weighted by Gasteiger charge is -2.09. The number of rotatable bonds is 6. The number of carbonyl (C=O) groups is 1. The van der Waals surface area contributed by atoms with Crippen LogP contribution in [0.1, 0.15) is 5.56 Å². The minimum absolute atomic E-state index is 0.121. The molecule has 1 N–H and O–H groups in total. The third-order valence-corrected chi connectivity index (χ3v) is 4.97. The lowest BCUT2D eigenvalue weighted by Crippen LogP contribution is -2.15. The Morgan fingerprint density at radius 1 is 1.27 bits per heavy atom. The zero-order chi connectivity index (χ0) is 18.5. The van der Waals surface area contributed by atoms with Crippen molar-refractivity contribution in [2.75, 3.05) is 18.2 Å². The van der Waals surface area contributed by atoms with Gasteiger partial charge in [-0.05, 0) is 65.4 Å². The molecule has 0 fully saturated rings. The van der Waals surface area contributed by atoms with Gasteiger partial charge in [0.05, 0.1) is 18.6 Å². The van der Waals surface area contributed by atoms with Crippen molar-refractivity contribution in [2.45, 2.75) is 12.1 Å². The van der Waals surface area contributed by atoms with E-state index in [1.807, 2.05) is 49.4 Å². The van der Waals surface area contributed by atoms with Crippen molar-refractivity contribution in [3.05, 3.63) is 52.5 Å². The molecule has 0 unspecified atom stereocenters. The molecule has 2 aromatic carbocycles. The first-order valence-electron chi connectivity index (χ1n) is 7.68. The number of amides is 1. The van der Waals surface area contributed by atoms with Crippen molar-refractivity contribution in [2.24, 2.45) is 0 Å². The highest BCUT2D eigenvalue weighted by Crippen LogP contribution is 2.22. The maximum atomic E-state index is 12.2. The molecule has 0 spiro atoms. The number of hydrogen-bond donors (Lipinski definition) is 1. The van der Waals surface area contributed by atoms with Gasteiger partial charge in [-0.25, -0.2) is 0 Å². The van der Waals surface area contributed by atoms with Gasteiger partial charge in [0.2, 0.25) is 11.1 Å². The molecule has 0 saturated heterocycles. The van der Waals surface area contributed by atoms with Crippen LogP contribution in [0.4, 0.5) is 5.69 Å². The molecule has 0 bridgehead atoms. The summed E-state index contributed by atoms with van der Waals surface area (Å²) in [7, 11) is 1.61. The minimum atomic E-state index is -0.121. The smallest absolute Gasteiger partial charge is 0.234 e. The van der Waals surface area contributed by atoms with E-state index in [4.69, 9.17) is 4.74 Å². The summed E-state index contributed by atoms with van der Waals surface area (Å²) in [5.41, 5.74) is 2.57. The molecular weight excluding hydrogens is 418 g/mol. The maximum Gasteiger partial charge on any atom is 0.234 e. The number of nitrogens with zero attached hydrogens (tertiary/aromatic N) is 4. The fraction of sp³-hybridized carbons (Fsp3) is 0.176. The number of anilines is 1. The molecular formula is C17H16BrN5O2S. The van der Waals surface area contributed by atoms with Gasteiger partial charge in [-0.2, -0.15) is 4.68 Å². The van der Waals surface area contributed by atoms with Crippen LogP contribution < -0.4 is 10.1 Å². The average molecular weight is 434 g/mol. The molecule has 134 valence electrons. The van der Waals surface area contributed by atoms with Gasteiger partial charge in [0.1, 0.15) is 5.75 Å². The zero-order valence-corrected chi connectivity index (χ0v) is 16.5. The van der Waals surface area contributed by atoms with E-state index in [1.54, 1.807) is 11.8 Å². The second-order valence-electron chi connectivity index (χ2n) is 5.37. The summed E-state index contributed by atoms with van der Waals surface area (Å²) >= 11 is 4.68. The zero-order valence-electron chi connectivity index (χ0n) is 14.1. The standard InChI is InChI=1S/C17H16BrN5O2S/c1-11-9-12(18)3-8-15(11)19-16(24)10-26-17-20-21-22-23(17)13-4-6-14(25-2)7-5-13/h3-9H,10H2,1-2H3,(H,19,24). The number of tetrazole rings is 1. The molecule has 1 heterocycles. The highest BCUT2D eigenvalue weighted by molar-refractivity contribution is 9.10. The Bertz CT molecular complexity index is 914. The fourth-order valence-electron chi connectivity index (χ4n) is 2.24. The molecule has 3 aromatic rings. The first-order chi connectivity index (χ1) is 12.6. The fourth-order valence-corrected chi connectivity index (χ4v) is 3.40. The van der Waals surface area contributed by atoms with E-state index in [0.717, 1.165) is 27.2 Å². The Hall–Kier alpha value is -2.39. The molecule has 0 saturated carbocycles. The minimum Gasteiger partial charge on any atom is -0.497 e. The third-order valence-electron chi connectivity index (χ3n) is 3.55. The number of halogens is 1. The van der Waals surface area contributed by atoms with Crippen molar-refractivity contribution in [3.8, 4) is 11.4 Å². The SMILES string of the molecule is COc1ccc(-n2nnnc2SCC(=O)Nc2ccc(Br)cc2C)cc1. The number of benzene rings is 2. The Morgan fingerprint density at radius 3 is 2.73 bits per heavy atom. The number of ether oxygens (including phenoxy) is 1. The molecule has 0 aliphatic rings. The number of nitrogens with one attached hydrogen (secondary N) is 1. The number of methoxy groups -OCH3 is 1. The Morgan fingerprint density at radius 2 is 2.04 bits per heavy atom. The monoisotopic (exact) mass is 433 g/mol. The van der Waals surface area contributed by atoms with Crippen LogP contribution in [0.2, 0.25) is 0 Å². The van der Waals surface area contributed by atoms with Crippen molar-refractivity contribution < 1.29 is 9.53 Å². The van der Waals surface area contributed by atoms with Gasteiger partial charge < -0.3 is 10.1 Å². The summed E-state index contributed by atoms with van der Waals surface area (Å²) < 4.78 is 7.71. The van der Waals surface area contributed by atoms with Crippen LogP contribution in [0.25, 0.3) is 5.69 Å². The van der Waals surface area contributed by atoms with Crippen molar-refractivity contribution >= 4 is 39.3 Å². The first-order valence-corrected chi connectivity index (χ1v) is 9.46. The van der Waals surface area contributed by atoms with Crippen molar-refractivity contribution in [1.29, 1.82) is 0 Å². The first kappa shape index (κ1) is 18.4. The lowest BCUT2D eigenvalue weighted by molar-refractivity contribution is -0.113. The molecule has 0 atom stereocenters. The Kier molecular flexibility index (Phi) is 5.89. The van der Waals surface area contributed by atoms with Gasteiger partial charge in [-0.3, -0.25) is 4.79 Å². The van der Waals surface area contributed by atoms with E-state index in [2.05, 4.69) is 36.8 Å². The summed E-state index contributed by atoms with van der Waals surface area (Å²) in [6.07, 6.45) is 0. The molecule has 1 aromatic heterocycles. The number of aryl methyl sites for hydroxylation is 1. The van der Waals surface area contributed by atoms with Crippen LogP contribution in [-0.2, 0) is 4.79 Å². The second kappa shape index (κ2) is 8.33. The van der Waals surface area contributed by atoms with Crippen LogP contribution in [0.3, 0.4) is 0 Å². The van der Waals surface area contributed by atoms with Crippen LogP contribution in [-0.4, -0.2) is 39.0 Å². The quantitative estimate of drug-likeness (QED) is 0.599. The predicted molar refractivity (Wildman–Crippen MR) is 104 cm³/mol. The van der Waals surface area contributed by atoms with Gasteiger partial charge in [0.15, 0.2) is 0 Å². The Balaban J connectivity index is 1.64. The molecule has 0 aliphatic carbocycles. The highest BCUT2D eigenvalue weighted by Gasteiger charge is 2.12. The van der Waals surface area contributed by atoms with Gasteiger partial charge in [0.25, 0.3) is 0 Å². The maximum absolute atomic E-state index is 12.2. The van der Waals surface area contributed by atoms with Crippen molar-refractivity contribution in [1.82, 2.24) is 20.2 Å². The molecule has 1 amide bonds. The van der Waals surface area contributed by atoms with Gasteiger partial charge in [-0.1, -0.05) is 27.7 Å².